The summed E-state index contributed by atoms with van der Waals surface area (Å²) in [7, 11) is 0. The van der Waals surface area contributed by atoms with Crippen LogP contribution in [0.4, 0.5) is 0 Å². The maximum absolute atomic E-state index is 12.9. The van der Waals surface area contributed by atoms with Crippen molar-refractivity contribution in [2.24, 2.45) is 0 Å². The van der Waals surface area contributed by atoms with Gasteiger partial charge in [0.05, 0.1) is 0 Å². The van der Waals surface area contributed by atoms with Gasteiger partial charge in [0.25, 0.3) is 5.91 Å². The Bertz CT molecular complexity index is 803. The first kappa shape index (κ1) is 18.5. The van der Waals surface area contributed by atoms with Crippen molar-refractivity contribution in [3.63, 3.8) is 0 Å². The zero-order valence-corrected chi connectivity index (χ0v) is 15.6. The van der Waals surface area contributed by atoms with Gasteiger partial charge in [-0.2, -0.15) is 0 Å². The van der Waals surface area contributed by atoms with E-state index >= 15 is 0 Å². The fraction of sp³-hybridized carbons (Fsp3) is 0.421. The lowest BCUT2D eigenvalue weighted by molar-refractivity contribution is -0.127. The van der Waals surface area contributed by atoms with Gasteiger partial charge in [-0.05, 0) is 45.2 Å². The summed E-state index contributed by atoms with van der Waals surface area (Å²) in [5.41, 5.74) is 0.945. The number of carbonyl (C=O) groups excluding carboxylic acids is 2. The van der Waals surface area contributed by atoms with Gasteiger partial charge < -0.3 is 14.7 Å². The third-order valence-electron chi connectivity index (χ3n) is 4.34. The second-order valence-corrected chi connectivity index (χ2v) is 7.20. The molecule has 6 nitrogen and oxygen atoms in total. The van der Waals surface area contributed by atoms with Gasteiger partial charge in [-0.3, -0.25) is 9.59 Å². The predicted molar refractivity (Wildman–Crippen MR) is 98.9 cm³/mol. The molecule has 2 heterocycles. The molecule has 0 aliphatic carbocycles. The summed E-state index contributed by atoms with van der Waals surface area (Å²) in [5.74, 6) is 0.0632. The molecule has 7 heteroatoms. The van der Waals surface area contributed by atoms with E-state index in [9.17, 15) is 9.59 Å². The summed E-state index contributed by atoms with van der Waals surface area (Å²) in [4.78, 5) is 27.0. The number of carbonyl (C=O) groups is 2. The monoisotopic (exact) mass is 375 g/mol. The molecule has 138 valence electrons. The highest BCUT2D eigenvalue weighted by atomic mass is 35.5. The SMILES string of the molecule is CC(C)NC(=O)[C@H]1CCCCN1C(=O)c1cc(-c2cccc(Cl)c2)on1. The molecule has 1 aliphatic rings. The smallest absolute Gasteiger partial charge is 0.276 e. The molecule has 0 spiro atoms. The van der Waals surface area contributed by atoms with Gasteiger partial charge in [-0.25, -0.2) is 0 Å². The average Bonchev–Trinajstić information content (AvgIpc) is 3.10. The molecule has 1 aromatic heterocycles. The summed E-state index contributed by atoms with van der Waals surface area (Å²) in [6, 6.07) is 8.31. The normalized spacial score (nSPS) is 17.4. The highest BCUT2D eigenvalue weighted by Crippen LogP contribution is 2.25. The summed E-state index contributed by atoms with van der Waals surface area (Å²) < 4.78 is 5.32. The van der Waals surface area contributed by atoms with Crippen molar-refractivity contribution in [3.8, 4) is 11.3 Å². The minimum atomic E-state index is -0.468. The van der Waals surface area contributed by atoms with Crippen LogP contribution in [0.3, 0.4) is 0 Å². The number of rotatable bonds is 4. The van der Waals surface area contributed by atoms with Gasteiger partial charge in [-0.1, -0.05) is 28.9 Å². The number of nitrogens with one attached hydrogen (secondary N) is 1. The van der Waals surface area contributed by atoms with Crippen LogP contribution in [-0.4, -0.2) is 40.5 Å². The first-order valence-corrected chi connectivity index (χ1v) is 9.17. The minimum Gasteiger partial charge on any atom is -0.355 e. The van der Waals surface area contributed by atoms with Crippen LogP contribution >= 0.6 is 11.6 Å². The second-order valence-electron chi connectivity index (χ2n) is 6.76. The quantitative estimate of drug-likeness (QED) is 0.887. The van der Waals surface area contributed by atoms with Gasteiger partial charge in [0.1, 0.15) is 6.04 Å². The largest absolute Gasteiger partial charge is 0.355 e. The fourth-order valence-electron chi connectivity index (χ4n) is 3.13. The highest BCUT2D eigenvalue weighted by Gasteiger charge is 2.34. The molecule has 1 aromatic carbocycles. The number of benzene rings is 1. The van der Waals surface area contributed by atoms with E-state index in [2.05, 4.69) is 10.5 Å². The molecule has 1 aliphatic heterocycles. The standard InChI is InChI=1S/C19H22ClN3O3/c1-12(2)21-18(24)16-8-3-4-9-23(16)19(25)15-11-17(26-22-15)13-6-5-7-14(20)10-13/h5-7,10-12,16H,3-4,8-9H2,1-2H3,(H,21,24)/t16-/m1/s1. The first-order chi connectivity index (χ1) is 12.5. The van der Waals surface area contributed by atoms with Crippen LogP contribution in [0.2, 0.25) is 5.02 Å². The van der Waals surface area contributed by atoms with Crippen molar-refractivity contribution < 1.29 is 14.1 Å². The van der Waals surface area contributed by atoms with Gasteiger partial charge in [0, 0.05) is 29.2 Å². The first-order valence-electron chi connectivity index (χ1n) is 8.79. The summed E-state index contributed by atoms with van der Waals surface area (Å²) in [6.07, 6.45) is 2.45. The average molecular weight is 376 g/mol. The Balaban J connectivity index is 1.80. The Labute approximate surface area is 157 Å². The van der Waals surface area contributed by atoms with Crippen molar-refractivity contribution in [2.45, 2.75) is 45.2 Å². The number of amides is 2. The van der Waals surface area contributed by atoms with Crippen molar-refractivity contribution >= 4 is 23.4 Å². The number of nitrogens with zero attached hydrogens (tertiary/aromatic N) is 2. The minimum absolute atomic E-state index is 0.0304. The zero-order valence-electron chi connectivity index (χ0n) is 14.9. The molecule has 0 radical (unpaired) electrons. The molecular formula is C19H22ClN3O3. The van der Waals surface area contributed by atoms with E-state index in [-0.39, 0.29) is 23.6 Å². The van der Waals surface area contributed by atoms with Gasteiger partial charge >= 0.3 is 0 Å². The van der Waals surface area contributed by atoms with E-state index in [4.69, 9.17) is 16.1 Å². The summed E-state index contributed by atoms with van der Waals surface area (Å²) in [5, 5.41) is 7.38. The highest BCUT2D eigenvalue weighted by molar-refractivity contribution is 6.30. The molecule has 2 aromatic rings. The lowest BCUT2D eigenvalue weighted by Gasteiger charge is -2.34. The second kappa shape index (κ2) is 7.91. The number of halogens is 1. The van der Waals surface area contributed by atoms with Gasteiger partial charge in [-0.15, -0.1) is 0 Å². The molecule has 1 atom stereocenters. The van der Waals surface area contributed by atoms with Crippen LogP contribution in [0, 0.1) is 0 Å². The van der Waals surface area contributed by atoms with Crippen LogP contribution in [-0.2, 0) is 4.79 Å². The van der Waals surface area contributed by atoms with Gasteiger partial charge in [0.2, 0.25) is 5.91 Å². The summed E-state index contributed by atoms with van der Waals surface area (Å²) >= 11 is 6.00. The number of hydrogen-bond donors (Lipinski definition) is 1. The molecule has 1 fully saturated rings. The van der Waals surface area contributed by atoms with Crippen molar-refractivity contribution in [1.29, 1.82) is 0 Å². The molecule has 1 N–H and O–H groups in total. The number of aromatic nitrogens is 1. The number of likely N-dealkylation sites (tertiary alicyclic amines) is 1. The van der Waals surface area contributed by atoms with Crippen LogP contribution in [0.15, 0.2) is 34.9 Å². The Morgan fingerprint density at radius 2 is 2.12 bits per heavy atom. The Morgan fingerprint density at radius 1 is 1.31 bits per heavy atom. The molecule has 0 unspecified atom stereocenters. The lowest BCUT2D eigenvalue weighted by atomic mass is 10.0. The Kier molecular flexibility index (Phi) is 5.61. The third-order valence-corrected chi connectivity index (χ3v) is 4.57. The maximum Gasteiger partial charge on any atom is 0.276 e. The van der Waals surface area contributed by atoms with Crippen LogP contribution in [0.25, 0.3) is 11.3 Å². The number of hydrogen-bond acceptors (Lipinski definition) is 4. The zero-order chi connectivity index (χ0) is 18.7. The van der Waals surface area contributed by atoms with Crippen molar-refractivity contribution in [3.05, 3.63) is 41.0 Å². The summed E-state index contributed by atoms with van der Waals surface area (Å²) in [6.45, 7) is 4.35. The topological polar surface area (TPSA) is 75.4 Å². The van der Waals surface area contributed by atoms with Crippen molar-refractivity contribution in [1.82, 2.24) is 15.4 Å². The molecule has 2 amide bonds. The van der Waals surface area contributed by atoms with E-state index in [1.54, 1.807) is 29.2 Å². The Hall–Kier alpha value is -2.34. The van der Waals surface area contributed by atoms with Crippen molar-refractivity contribution in [2.75, 3.05) is 6.54 Å². The van der Waals surface area contributed by atoms with E-state index in [0.29, 0.717) is 23.7 Å². The van der Waals surface area contributed by atoms with Crippen LogP contribution in [0.1, 0.15) is 43.6 Å². The molecule has 0 bridgehead atoms. The van der Waals surface area contributed by atoms with E-state index in [1.807, 2.05) is 19.9 Å². The van der Waals surface area contributed by atoms with E-state index in [1.165, 1.54) is 0 Å². The molecule has 26 heavy (non-hydrogen) atoms. The molecule has 0 saturated carbocycles. The van der Waals surface area contributed by atoms with E-state index < -0.39 is 6.04 Å². The molecule has 1 saturated heterocycles. The Morgan fingerprint density at radius 3 is 2.85 bits per heavy atom. The van der Waals surface area contributed by atoms with E-state index in [0.717, 1.165) is 18.4 Å². The number of piperidine rings is 1. The lowest BCUT2D eigenvalue weighted by Crippen LogP contribution is -2.53. The predicted octanol–water partition coefficient (Wildman–Crippen LogP) is 3.51. The molecule has 3 rings (SSSR count). The third kappa shape index (κ3) is 4.07. The fourth-order valence-corrected chi connectivity index (χ4v) is 3.32. The van der Waals surface area contributed by atoms with Crippen LogP contribution < -0.4 is 5.32 Å². The van der Waals surface area contributed by atoms with Crippen LogP contribution in [0.5, 0.6) is 0 Å². The van der Waals surface area contributed by atoms with Gasteiger partial charge in [0.15, 0.2) is 11.5 Å². The maximum atomic E-state index is 12.9. The molecular weight excluding hydrogens is 354 g/mol.